The van der Waals surface area contributed by atoms with Crippen LogP contribution in [0.4, 0.5) is 0 Å². The highest BCUT2D eigenvalue weighted by Crippen LogP contribution is 2.09. The Morgan fingerprint density at radius 3 is 2.79 bits per heavy atom. The molecule has 0 amide bonds. The molecule has 3 nitrogen and oxygen atoms in total. The number of aromatic nitrogens is 1. The number of aryl methyl sites for hydroxylation is 1. The molecule has 0 saturated heterocycles. The molecular formula is C11H13NO2. The van der Waals surface area contributed by atoms with Crippen molar-refractivity contribution in [2.24, 2.45) is 0 Å². The van der Waals surface area contributed by atoms with E-state index in [4.69, 9.17) is 4.74 Å². The van der Waals surface area contributed by atoms with Gasteiger partial charge in [-0.3, -0.25) is 9.78 Å². The highest BCUT2D eigenvalue weighted by Gasteiger charge is 2.01. The van der Waals surface area contributed by atoms with Crippen LogP contribution in [-0.2, 0) is 9.53 Å². The van der Waals surface area contributed by atoms with Crippen molar-refractivity contribution in [2.45, 2.75) is 13.8 Å². The van der Waals surface area contributed by atoms with E-state index in [2.05, 4.69) is 11.6 Å². The van der Waals surface area contributed by atoms with Crippen molar-refractivity contribution in [2.75, 3.05) is 6.61 Å². The molecule has 0 bridgehead atoms. The molecule has 0 spiro atoms. The molecule has 3 heteroatoms. The summed E-state index contributed by atoms with van der Waals surface area (Å²) in [5.74, 6) is -0.307. The third kappa shape index (κ3) is 3.01. The van der Waals surface area contributed by atoms with E-state index < -0.39 is 0 Å². The van der Waals surface area contributed by atoms with Gasteiger partial charge in [0.1, 0.15) is 6.61 Å². The summed E-state index contributed by atoms with van der Waals surface area (Å²) in [6.07, 6.45) is 1.76. The molecule has 0 saturated carbocycles. The summed E-state index contributed by atoms with van der Waals surface area (Å²) in [5.41, 5.74) is 2.56. The van der Waals surface area contributed by atoms with Crippen molar-refractivity contribution >= 4 is 11.5 Å². The van der Waals surface area contributed by atoms with Crippen LogP contribution in [0.1, 0.15) is 18.2 Å². The van der Waals surface area contributed by atoms with E-state index >= 15 is 0 Å². The second kappa shape index (κ2) is 4.56. The first kappa shape index (κ1) is 10.4. The van der Waals surface area contributed by atoms with Crippen LogP contribution < -0.4 is 0 Å². The van der Waals surface area contributed by atoms with Crippen LogP contribution in [0.2, 0.25) is 0 Å². The second-order valence-electron chi connectivity index (χ2n) is 3.10. The lowest BCUT2D eigenvalue weighted by Gasteiger charge is -2.05. The van der Waals surface area contributed by atoms with Gasteiger partial charge in [0.2, 0.25) is 0 Å². The Morgan fingerprint density at radius 2 is 2.29 bits per heavy atom. The summed E-state index contributed by atoms with van der Waals surface area (Å²) in [5, 5.41) is 0. The first-order valence-corrected chi connectivity index (χ1v) is 4.34. The number of esters is 1. The lowest BCUT2D eigenvalue weighted by atomic mass is 10.2. The molecule has 0 aliphatic rings. The minimum absolute atomic E-state index is 0.200. The van der Waals surface area contributed by atoms with Crippen molar-refractivity contribution in [3.05, 3.63) is 36.2 Å². The van der Waals surface area contributed by atoms with Crippen molar-refractivity contribution in [1.82, 2.24) is 4.98 Å². The van der Waals surface area contributed by atoms with Crippen LogP contribution in [0.25, 0.3) is 5.57 Å². The van der Waals surface area contributed by atoms with Gasteiger partial charge in [-0.05, 0) is 18.6 Å². The van der Waals surface area contributed by atoms with Crippen LogP contribution in [0, 0.1) is 6.92 Å². The van der Waals surface area contributed by atoms with Gasteiger partial charge in [-0.1, -0.05) is 12.6 Å². The number of rotatable bonds is 3. The Hall–Kier alpha value is -1.64. The predicted octanol–water partition coefficient (Wildman–Crippen LogP) is 1.97. The van der Waals surface area contributed by atoms with Crippen LogP contribution in [0.3, 0.4) is 0 Å². The van der Waals surface area contributed by atoms with Gasteiger partial charge in [-0.2, -0.15) is 0 Å². The molecule has 1 aromatic rings. The van der Waals surface area contributed by atoms with Crippen LogP contribution in [0.15, 0.2) is 24.9 Å². The Bertz CT molecular complexity index is 341. The smallest absolute Gasteiger partial charge is 0.302 e. The van der Waals surface area contributed by atoms with Crippen LogP contribution in [0.5, 0.6) is 0 Å². The van der Waals surface area contributed by atoms with Gasteiger partial charge in [0, 0.05) is 18.7 Å². The third-order valence-electron chi connectivity index (χ3n) is 1.72. The fraction of sp³-hybridized carbons (Fsp3) is 0.273. The standard InChI is InChI=1S/C11H13NO2/c1-8-4-5-11(12-6-8)9(2)7-14-10(3)13/h4-6H,2,7H2,1,3H3. The second-order valence-corrected chi connectivity index (χ2v) is 3.10. The number of nitrogens with zero attached hydrogens (tertiary/aromatic N) is 1. The topological polar surface area (TPSA) is 39.2 Å². The third-order valence-corrected chi connectivity index (χ3v) is 1.72. The quantitative estimate of drug-likeness (QED) is 0.685. The van der Waals surface area contributed by atoms with E-state index in [9.17, 15) is 4.79 Å². The molecule has 0 unspecified atom stereocenters. The van der Waals surface area contributed by atoms with Crippen molar-refractivity contribution in [3.8, 4) is 0 Å². The number of hydrogen-bond donors (Lipinski definition) is 0. The summed E-state index contributed by atoms with van der Waals surface area (Å²) in [4.78, 5) is 14.7. The summed E-state index contributed by atoms with van der Waals surface area (Å²) in [7, 11) is 0. The largest absolute Gasteiger partial charge is 0.461 e. The molecule has 0 fully saturated rings. The van der Waals surface area contributed by atoms with Gasteiger partial charge in [-0.25, -0.2) is 0 Å². The van der Waals surface area contributed by atoms with Gasteiger partial charge in [0.15, 0.2) is 0 Å². The number of hydrogen-bond acceptors (Lipinski definition) is 3. The average Bonchev–Trinajstić information content (AvgIpc) is 2.15. The maximum Gasteiger partial charge on any atom is 0.302 e. The summed E-state index contributed by atoms with van der Waals surface area (Å²) < 4.78 is 4.81. The van der Waals surface area contributed by atoms with Crippen molar-refractivity contribution in [1.29, 1.82) is 0 Å². The monoisotopic (exact) mass is 191 g/mol. The Kier molecular flexibility index (Phi) is 3.40. The van der Waals surface area contributed by atoms with Gasteiger partial charge >= 0.3 is 5.97 Å². The van der Waals surface area contributed by atoms with Crippen molar-refractivity contribution < 1.29 is 9.53 Å². The Morgan fingerprint density at radius 1 is 1.57 bits per heavy atom. The van der Waals surface area contributed by atoms with E-state index in [0.717, 1.165) is 11.3 Å². The molecule has 74 valence electrons. The molecule has 1 heterocycles. The number of carbonyl (C=O) groups excluding carboxylic acids is 1. The zero-order chi connectivity index (χ0) is 10.6. The molecule has 0 aliphatic carbocycles. The zero-order valence-electron chi connectivity index (χ0n) is 8.41. The minimum atomic E-state index is -0.307. The maximum absolute atomic E-state index is 10.5. The summed E-state index contributed by atoms with van der Waals surface area (Å²) >= 11 is 0. The first-order chi connectivity index (χ1) is 6.59. The SMILES string of the molecule is C=C(COC(C)=O)c1ccc(C)cn1. The molecule has 0 aromatic carbocycles. The highest BCUT2D eigenvalue weighted by molar-refractivity contribution is 5.69. The summed E-state index contributed by atoms with van der Waals surface area (Å²) in [6, 6.07) is 3.81. The molecule has 14 heavy (non-hydrogen) atoms. The molecule has 1 rings (SSSR count). The number of carbonyl (C=O) groups is 1. The van der Waals surface area contributed by atoms with Gasteiger partial charge in [0.05, 0.1) is 5.69 Å². The summed E-state index contributed by atoms with van der Waals surface area (Å²) in [6.45, 7) is 7.32. The molecule has 0 atom stereocenters. The fourth-order valence-electron chi connectivity index (χ4n) is 0.940. The zero-order valence-corrected chi connectivity index (χ0v) is 8.41. The molecule has 0 radical (unpaired) electrons. The number of ether oxygens (including phenoxy) is 1. The highest BCUT2D eigenvalue weighted by atomic mass is 16.5. The fourth-order valence-corrected chi connectivity index (χ4v) is 0.940. The lowest BCUT2D eigenvalue weighted by molar-refractivity contribution is -0.139. The van der Waals surface area contributed by atoms with E-state index in [1.165, 1.54) is 6.92 Å². The minimum Gasteiger partial charge on any atom is -0.461 e. The van der Waals surface area contributed by atoms with Gasteiger partial charge in [0.25, 0.3) is 0 Å². The van der Waals surface area contributed by atoms with Gasteiger partial charge in [-0.15, -0.1) is 0 Å². The van der Waals surface area contributed by atoms with E-state index in [1.54, 1.807) is 6.20 Å². The average molecular weight is 191 g/mol. The molecule has 0 N–H and O–H groups in total. The van der Waals surface area contributed by atoms with E-state index in [1.807, 2.05) is 19.1 Å². The molecular weight excluding hydrogens is 178 g/mol. The van der Waals surface area contributed by atoms with Crippen molar-refractivity contribution in [3.63, 3.8) is 0 Å². The number of pyridine rings is 1. The normalized spacial score (nSPS) is 9.57. The van der Waals surface area contributed by atoms with Gasteiger partial charge < -0.3 is 4.74 Å². The Balaban J connectivity index is 2.61. The molecule has 1 aromatic heterocycles. The Labute approximate surface area is 83.4 Å². The first-order valence-electron chi connectivity index (χ1n) is 4.34. The predicted molar refractivity (Wildman–Crippen MR) is 54.6 cm³/mol. The molecule has 0 aliphatic heterocycles. The maximum atomic E-state index is 10.5. The van der Waals surface area contributed by atoms with E-state index in [0.29, 0.717) is 5.57 Å². The van der Waals surface area contributed by atoms with Crippen LogP contribution in [-0.4, -0.2) is 17.6 Å². The lowest BCUT2D eigenvalue weighted by Crippen LogP contribution is -2.03. The van der Waals surface area contributed by atoms with E-state index in [-0.39, 0.29) is 12.6 Å². The van der Waals surface area contributed by atoms with Crippen LogP contribution >= 0.6 is 0 Å².